The van der Waals surface area contributed by atoms with Crippen LogP contribution in [0.15, 0.2) is 23.9 Å². The summed E-state index contributed by atoms with van der Waals surface area (Å²) in [6, 6.07) is 0. The molecule has 13 heavy (non-hydrogen) atoms. The van der Waals surface area contributed by atoms with E-state index >= 15 is 0 Å². The maximum absolute atomic E-state index is 2.31. The molecule has 2 heteroatoms. The average molecular weight is 195 g/mol. The lowest BCUT2D eigenvalue weighted by atomic mass is 10.1. The Morgan fingerprint density at radius 1 is 1.46 bits per heavy atom. The molecule has 1 saturated heterocycles. The third-order valence-corrected chi connectivity index (χ3v) is 4.06. The first-order valence-electron chi connectivity index (χ1n) is 5.06. The lowest BCUT2D eigenvalue weighted by Crippen LogP contribution is -2.19. The van der Waals surface area contributed by atoms with E-state index in [4.69, 9.17) is 0 Å². The molecule has 2 aliphatic rings. The van der Waals surface area contributed by atoms with Gasteiger partial charge in [-0.05, 0) is 24.2 Å². The van der Waals surface area contributed by atoms with E-state index in [0.29, 0.717) is 0 Å². The molecule has 0 spiro atoms. The van der Waals surface area contributed by atoms with Crippen molar-refractivity contribution in [2.75, 3.05) is 19.3 Å². The SMILES string of the molecule is CN1C=C(C2CCCCS2)C=CC1. The van der Waals surface area contributed by atoms with Crippen LogP contribution in [0.2, 0.25) is 0 Å². The summed E-state index contributed by atoms with van der Waals surface area (Å²) in [7, 11) is 2.15. The third kappa shape index (κ3) is 2.31. The van der Waals surface area contributed by atoms with Crippen LogP contribution in [0.5, 0.6) is 0 Å². The lowest BCUT2D eigenvalue weighted by Gasteiger charge is -2.26. The van der Waals surface area contributed by atoms with Crippen LogP contribution >= 0.6 is 11.8 Å². The summed E-state index contributed by atoms with van der Waals surface area (Å²) >= 11 is 2.13. The number of rotatable bonds is 1. The molecule has 72 valence electrons. The minimum Gasteiger partial charge on any atom is -0.376 e. The van der Waals surface area contributed by atoms with Crippen molar-refractivity contribution in [2.24, 2.45) is 0 Å². The molecule has 0 aromatic rings. The molecule has 2 heterocycles. The minimum atomic E-state index is 0.771. The Hall–Kier alpha value is -0.370. The predicted molar refractivity (Wildman–Crippen MR) is 60.0 cm³/mol. The van der Waals surface area contributed by atoms with E-state index in [-0.39, 0.29) is 0 Å². The van der Waals surface area contributed by atoms with Crippen LogP contribution in [-0.2, 0) is 0 Å². The van der Waals surface area contributed by atoms with Crippen LogP contribution in [-0.4, -0.2) is 29.5 Å². The molecule has 0 amide bonds. The highest BCUT2D eigenvalue weighted by atomic mass is 32.2. The van der Waals surface area contributed by atoms with E-state index in [0.717, 1.165) is 11.8 Å². The highest BCUT2D eigenvalue weighted by Crippen LogP contribution is 2.31. The first-order valence-corrected chi connectivity index (χ1v) is 6.11. The second-order valence-electron chi connectivity index (χ2n) is 3.83. The predicted octanol–water partition coefficient (Wildman–Crippen LogP) is 2.66. The largest absolute Gasteiger partial charge is 0.376 e. The first kappa shape index (κ1) is 9.20. The molecular weight excluding hydrogens is 178 g/mol. The molecule has 0 N–H and O–H groups in total. The fourth-order valence-electron chi connectivity index (χ4n) is 1.90. The van der Waals surface area contributed by atoms with E-state index in [2.05, 4.69) is 42.1 Å². The van der Waals surface area contributed by atoms with Crippen molar-refractivity contribution in [3.8, 4) is 0 Å². The van der Waals surface area contributed by atoms with Crippen molar-refractivity contribution in [1.82, 2.24) is 4.90 Å². The van der Waals surface area contributed by atoms with Crippen LogP contribution in [0.25, 0.3) is 0 Å². The first-order chi connectivity index (χ1) is 6.36. The average Bonchev–Trinajstić information content (AvgIpc) is 2.19. The smallest absolute Gasteiger partial charge is 0.0354 e. The van der Waals surface area contributed by atoms with Crippen molar-refractivity contribution in [1.29, 1.82) is 0 Å². The maximum atomic E-state index is 2.31. The monoisotopic (exact) mass is 195 g/mol. The van der Waals surface area contributed by atoms with Gasteiger partial charge in [-0.2, -0.15) is 11.8 Å². The van der Waals surface area contributed by atoms with Gasteiger partial charge in [0.15, 0.2) is 0 Å². The van der Waals surface area contributed by atoms with Crippen molar-refractivity contribution < 1.29 is 0 Å². The van der Waals surface area contributed by atoms with E-state index in [1.807, 2.05) is 0 Å². The van der Waals surface area contributed by atoms with E-state index in [1.165, 1.54) is 30.6 Å². The maximum Gasteiger partial charge on any atom is 0.0354 e. The Bertz CT molecular complexity index is 226. The van der Waals surface area contributed by atoms with E-state index in [9.17, 15) is 0 Å². The van der Waals surface area contributed by atoms with Gasteiger partial charge in [0, 0.05) is 25.0 Å². The second-order valence-corrected chi connectivity index (χ2v) is 5.14. The van der Waals surface area contributed by atoms with Gasteiger partial charge in [-0.3, -0.25) is 0 Å². The zero-order chi connectivity index (χ0) is 9.10. The zero-order valence-corrected chi connectivity index (χ0v) is 9.02. The summed E-state index contributed by atoms with van der Waals surface area (Å²) in [4.78, 5) is 2.27. The Balaban J connectivity index is 2.02. The van der Waals surface area contributed by atoms with E-state index < -0.39 is 0 Å². The summed E-state index contributed by atoms with van der Waals surface area (Å²) < 4.78 is 0. The van der Waals surface area contributed by atoms with Crippen LogP contribution in [0.3, 0.4) is 0 Å². The van der Waals surface area contributed by atoms with Crippen LogP contribution in [0.1, 0.15) is 19.3 Å². The highest BCUT2D eigenvalue weighted by molar-refractivity contribution is 8.00. The Morgan fingerprint density at radius 3 is 3.08 bits per heavy atom. The number of likely N-dealkylation sites (N-methyl/N-ethyl adjacent to an activating group) is 1. The molecule has 1 nitrogen and oxygen atoms in total. The number of hydrogen-bond donors (Lipinski definition) is 0. The lowest BCUT2D eigenvalue weighted by molar-refractivity contribution is 0.496. The normalized spacial score (nSPS) is 28.8. The van der Waals surface area contributed by atoms with Gasteiger partial charge in [-0.25, -0.2) is 0 Å². The fraction of sp³-hybridized carbons (Fsp3) is 0.636. The molecule has 0 aromatic heterocycles. The Labute approximate surface area is 84.9 Å². The molecule has 0 saturated carbocycles. The Morgan fingerprint density at radius 2 is 2.38 bits per heavy atom. The topological polar surface area (TPSA) is 3.24 Å². The molecule has 0 aliphatic carbocycles. The van der Waals surface area contributed by atoms with Gasteiger partial charge >= 0.3 is 0 Å². The Kier molecular flexibility index (Phi) is 2.99. The quantitative estimate of drug-likeness (QED) is 0.633. The zero-order valence-electron chi connectivity index (χ0n) is 8.20. The summed E-state index contributed by atoms with van der Waals surface area (Å²) in [5, 5.41) is 0.771. The number of allylic oxidation sites excluding steroid dienone is 1. The highest BCUT2D eigenvalue weighted by Gasteiger charge is 2.18. The summed E-state index contributed by atoms with van der Waals surface area (Å²) in [6.45, 7) is 1.07. The molecule has 2 rings (SSSR count). The molecule has 2 aliphatic heterocycles. The summed E-state index contributed by atoms with van der Waals surface area (Å²) in [6.07, 6.45) is 11.1. The van der Waals surface area contributed by atoms with Gasteiger partial charge in [-0.15, -0.1) is 0 Å². The molecule has 1 unspecified atom stereocenters. The van der Waals surface area contributed by atoms with Crippen LogP contribution in [0.4, 0.5) is 0 Å². The molecule has 0 radical (unpaired) electrons. The number of nitrogens with zero attached hydrogens (tertiary/aromatic N) is 1. The van der Waals surface area contributed by atoms with Crippen molar-refractivity contribution in [3.05, 3.63) is 23.9 Å². The molecule has 1 fully saturated rings. The minimum absolute atomic E-state index is 0.771. The molecule has 0 bridgehead atoms. The molecule has 0 aromatic carbocycles. The van der Waals surface area contributed by atoms with Gasteiger partial charge in [0.25, 0.3) is 0 Å². The van der Waals surface area contributed by atoms with Crippen LogP contribution in [0, 0.1) is 0 Å². The van der Waals surface area contributed by atoms with Crippen LogP contribution < -0.4 is 0 Å². The van der Waals surface area contributed by atoms with Gasteiger partial charge in [-0.1, -0.05) is 18.6 Å². The number of thioether (sulfide) groups is 1. The standard InChI is InChI=1S/C11H17NS/c1-12-7-4-5-10(9-12)11-6-2-3-8-13-11/h4-5,9,11H,2-3,6-8H2,1H3. The number of hydrogen-bond acceptors (Lipinski definition) is 2. The van der Waals surface area contributed by atoms with Gasteiger partial charge in [0.1, 0.15) is 0 Å². The van der Waals surface area contributed by atoms with Crippen molar-refractivity contribution in [2.45, 2.75) is 24.5 Å². The van der Waals surface area contributed by atoms with Gasteiger partial charge in [0.05, 0.1) is 0 Å². The second kappa shape index (κ2) is 4.23. The van der Waals surface area contributed by atoms with Crippen molar-refractivity contribution >= 4 is 11.8 Å². The van der Waals surface area contributed by atoms with Gasteiger partial charge < -0.3 is 4.90 Å². The molecule has 1 atom stereocenters. The van der Waals surface area contributed by atoms with Crippen molar-refractivity contribution in [3.63, 3.8) is 0 Å². The fourth-order valence-corrected chi connectivity index (χ4v) is 3.22. The van der Waals surface area contributed by atoms with E-state index in [1.54, 1.807) is 0 Å². The third-order valence-electron chi connectivity index (χ3n) is 2.62. The summed E-state index contributed by atoms with van der Waals surface area (Å²) in [5.41, 5.74) is 1.53. The summed E-state index contributed by atoms with van der Waals surface area (Å²) in [5.74, 6) is 1.35. The molecular formula is C11H17NS. The van der Waals surface area contributed by atoms with Gasteiger partial charge in [0.2, 0.25) is 0 Å².